The molecular formula is C14H25NO3. The second-order valence-corrected chi connectivity index (χ2v) is 6.68. The second kappa shape index (κ2) is 5.17. The highest BCUT2D eigenvalue weighted by Gasteiger charge is 2.42. The minimum atomic E-state index is -0.688. The molecule has 2 saturated heterocycles. The quantitative estimate of drug-likeness (QED) is 0.838. The van der Waals surface area contributed by atoms with Gasteiger partial charge in [-0.25, -0.2) is 0 Å². The van der Waals surface area contributed by atoms with Gasteiger partial charge in [-0.3, -0.25) is 4.79 Å². The van der Waals surface area contributed by atoms with Crippen molar-refractivity contribution in [2.24, 2.45) is 10.8 Å². The van der Waals surface area contributed by atoms with Gasteiger partial charge in [0.25, 0.3) is 0 Å². The van der Waals surface area contributed by atoms with Crippen molar-refractivity contribution in [2.75, 3.05) is 32.8 Å². The highest BCUT2D eigenvalue weighted by Crippen LogP contribution is 2.34. The van der Waals surface area contributed by atoms with Crippen LogP contribution in [0.4, 0.5) is 0 Å². The molecule has 4 heteroatoms. The highest BCUT2D eigenvalue weighted by molar-refractivity contribution is 5.75. The zero-order valence-corrected chi connectivity index (χ0v) is 11.6. The Bertz CT molecular complexity index is 298. The molecule has 2 aliphatic rings. The van der Waals surface area contributed by atoms with Gasteiger partial charge in [0.1, 0.15) is 5.41 Å². The van der Waals surface area contributed by atoms with Crippen LogP contribution >= 0.6 is 0 Å². The number of aliphatic carboxylic acids is 1. The van der Waals surface area contributed by atoms with Gasteiger partial charge in [-0.15, -0.1) is 0 Å². The minimum absolute atomic E-state index is 0.377. The van der Waals surface area contributed by atoms with Gasteiger partial charge in [0.05, 0.1) is 6.61 Å². The van der Waals surface area contributed by atoms with Crippen LogP contribution in [0.3, 0.4) is 0 Å². The van der Waals surface area contributed by atoms with E-state index in [1.165, 1.54) is 0 Å². The highest BCUT2D eigenvalue weighted by atomic mass is 16.5. The van der Waals surface area contributed by atoms with Crippen molar-refractivity contribution in [3.8, 4) is 0 Å². The van der Waals surface area contributed by atoms with E-state index < -0.39 is 11.4 Å². The number of carbonyl (C=O) groups is 1. The molecule has 2 heterocycles. The lowest BCUT2D eigenvalue weighted by atomic mass is 9.79. The van der Waals surface area contributed by atoms with Crippen LogP contribution in [0.25, 0.3) is 0 Å². The third-order valence-corrected chi connectivity index (χ3v) is 4.51. The Kier molecular flexibility index (Phi) is 3.97. The predicted molar refractivity (Wildman–Crippen MR) is 69.6 cm³/mol. The molecule has 2 rings (SSSR count). The standard InChI is InChI=1S/C14H25NO3/c1-13(2)5-7-15(8-6-13)10-14(12(16)17)4-3-9-18-11-14/h3-11H2,1-2H3,(H,16,17). The Labute approximate surface area is 109 Å². The lowest BCUT2D eigenvalue weighted by molar-refractivity contribution is -0.159. The van der Waals surface area contributed by atoms with E-state index in [0.717, 1.165) is 38.8 Å². The number of piperidine rings is 1. The Morgan fingerprint density at radius 3 is 2.44 bits per heavy atom. The first kappa shape index (κ1) is 13.8. The van der Waals surface area contributed by atoms with Crippen LogP contribution in [0.1, 0.15) is 39.5 Å². The summed E-state index contributed by atoms with van der Waals surface area (Å²) >= 11 is 0. The lowest BCUT2D eigenvalue weighted by Crippen LogP contribution is -2.50. The van der Waals surface area contributed by atoms with E-state index in [9.17, 15) is 9.90 Å². The topological polar surface area (TPSA) is 49.8 Å². The van der Waals surface area contributed by atoms with Gasteiger partial charge in [0.15, 0.2) is 0 Å². The molecule has 1 atom stereocenters. The predicted octanol–water partition coefficient (Wildman–Crippen LogP) is 1.99. The molecule has 0 radical (unpaired) electrons. The second-order valence-electron chi connectivity index (χ2n) is 6.68. The maximum Gasteiger partial charge on any atom is 0.313 e. The van der Waals surface area contributed by atoms with Crippen molar-refractivity contribution in [1.29, 1.82) is 0 Å². The number of ether oxygens (including phenoxy) is 1. The monoisotopic (exact) mass is 255 g/mol. The molecule has 0 saturated carbocycles. The molecule has 4 nitrogen and oxygen atoms in total. The Morgan fingerprint density at radius 2 is 1.94 bits per heavy atom. The van der Waals surface area contributed by atoms with E-state index in [4.69, 9.17) is 4.74 Å². The summed E-state index contributed by atoms with van der Waals surface area (Å²) in [6.45, 7) is 8.36. The molecule has 1 N–H and O–H groups in total. The largest absolute Gasteiger partial charge is 0.481 e. The normalized spacial score (nSPS) is 33.2. The molecule has 0 aliphatic carbocycles. The fraction of sp³-hybridized carbons (Fsp3) is 0.929. The van der Waals surface area contributed by atoms with E-state index in [0.29, 0.717) is 25.2 Å². The summed E-state index contributed by atoms with van der Waals surface area (Å²) in [6.07, 6.45) is 3.93. The Hall–Kier alpha value is -0.610. The van der Waals surface area contributed by atoms with Gasteiger partial charge < -0.3 is 14.7 Å². The van der Waals surface area contributed by atoms with E-state index in [2.05, 4.69) is 18.7 Å². The lowest BCUT2D eigenvalue weighted by Gasteiger charge is -2.42. The van der Waals surface area contributed by atoms with Crippen LogP contribution in [-0.2, 0) is 9.53 Å². The van der Waals surface area contributed by atoms with E-state index in [1.54, 1.807) is 0 Å². The van der Waals surface area contributed by atoms with Crippen LogP contribution in [0.15, 0.2) is 0 Å². The van der Waals surface area contributed by atoms with Crippen LogP contribution in [0, 0.1) is 10.8 Å². The molecule has 0 bridgehead atoms. The van der Waals surface area contributed by atoms with Crippen molar-refractivity contribution in [3.05, 3.63) is 0 Å². The maximum absolute atomic E-state index is 11.6. The molecule has 104 valence electrons. The van der Waals surface area contributed by atoms with Crippen molar-refractivity contribution >= 4 is 5.97 Å². The summed E-state index contributed by atoms with van der Waals surface area (Å²) in [6, 6.07) is 0. The molecule has 0 amide bonds. The first-order valence-corrected chi connectivity index (χ1v) is 6.97. The van der Waals surface area contributed by atoms with Crippen molar-refractivity contribution < 1.29 is 14.6 Å². The smallest absolute Gasteiger partial charge is 0.313 e. The van der Waals surface area contributed by atoms with Gasteiger partial charge in [0.2, 0.25) is 0 Å². The number of hydrogen-bond acceptors (Lipinski definition) is 3. The number of carboxylic acid groups (broad SMARTS) is 1. The third kappa shape index (κ3) is 3.04. The molecule has 2 fully saturated rings. The van der Waals surface area contributed by atoms with Gasteiger partial charge in [0, 0.05) is 13.2 Å². The SMILES string of the molecule is CC1(C)CCN(CC2(C(=O)O)CCCOC2)CC1. The summed E-state index contributed by atoms with van der Waals surface area (Å²) in [5, 5.41) is 9.52. The van der Waals surface area contributed by atoms with Gasteiger partial charge >= 0.3 is 5.97 Å². The minimum Gasteiger partial charge on any atom is -0.481 e. The van der Waals surface area contributed by atoms with Crippen LogP contribution in [0.2, 0.25) is 0 Å². The number of hydrogen-bond donors (Lipinski definition) is 1. The molecular weight excluding hydrogens is 230 g/mol. The summed E-state index contributed by atoms with van der Waals surface area (Å²) < 4.78 is 5.42. The van der Waals surface area contributed by atoms with Crippen LogP contribution < -0.4 is 0 Å². The van der Waals surface area contributed by atoms with E-state index >= 15 is 0 Å². The summed E-state index contributed by atoms with van der Waals surface area (Å²) in [5.41, 5.74) is -0.254. The third-order valence-electron chi connectivity index (χ3n) is 4.51. The van der Waals surface area contributed by atoms with E-state index in [-0.39, 0.29) is 0 Å². The average molecular weight is 255 g/mol. The average Bonchev–Trinajstić information content (AvgIpc) is 2.33. The molecule has 1 unspecified atom stereocenters. The summed E-state index contributed by atoms with van der Waals surface area (Å²) in [5.74, 6) is -0.688. The van der Waals surface area contributed by atoms with Crippen LogP contribution in [0.5, 0.6) is 0 Å². The number of nitrogens with zero attached hydrogens (tertiary/aromatic N) is 1. The first-order valence-electron chi connectivity index (χ1n) is 6.97. The zero-order chi connectivity index (χ0) is 13.2. The number of rotatable bonds is 3. The Morgan fingerprint density at radius 1 is 1.28 bits per heavy atom. The van der Waals surface area contributed by atoms with Crippen molar-refractivity contribution in [3.63, 3.8) is 0 Å². The van der Waals surface area contributed by atoms with Gasteiger partial charge in [-0.05, 0) is 44.2 Å². The molecule has 0 aromatic carbocycles. The van der Waals surface area contributed by atoms with Crippen LogP contribution in [-0.4, -0.2) is 48.8 Å². The number of carboxylic acids is 1. The summed E-state index contributed by atoms with van der Waals surface area (Å²) in [7, 11) is 0. The van der Waals surface area contributed by atoms with Gasteiger partial charge in [-0.1, -0.05) is 13.8 Å². The molecule has 18 heavy (non-hydrogen) atoms. The summed E-state index contributed by atoms with van der Waals surface area (Å²) in [4.78, 5) is 13.9. The van der Waals surface area contributed by atoms with E-state index in [1.807, 2.05) is 0 Å². The van der Waals surface area contributed by atoms with Crippen molar-refractivity contribution in [1.82, 2.24) is 4.90 Å². The fourth-order valence-electron chi connectivity index (χ4n) is 2.96. The zero-order valence-electron chi connectivity index (χ0n) is 11.6. The molecule has 0 aromatic rings. The Balaban J connectivity index is 1.96. The number of likely N-dealkylation sites (tertiary alicyclic amines) is 1. The first-order chi connectivity index (χ1) is 8.44. The van der Waals surface area contributed by atoms with Gasteiger partial charge in [-0.2, -0.15) is 0 Å². The maximum atomic E-state index is 11.6. The van der Waals surface area contributed by atoms with Crippen molar-refractivity contribution in [2.45, 2.75) is 39.5 Å². The fourth-order valence-corrected chi connectivity index (χ4v) is 2.96. The molecule has 2 aliphatic heterocycles. The molecule has 0 spiro atoms. The molecule has 0 aromatic heterocycles.